The van der Waals surface area contributed by atoms with Gasteiger partial charge in [0.15, 0.2) is 5.69 Å². The number of benzene rings is 2. The summed E-state index contributed by atoms with van der Waals surface area (Å²) in [6.45, 7) is 4.27. The number of azo groups is 1. The molecule has 6 heteroatoms. The fourth-order valence-electron chi connectivity index (χ4n) is 2.47. The Labute approximate surface area is 145 Å². The Hall–Kier alpha value is -3.15. The molecule has 0 unspecified atom stereocenters. The molecule has 6 nitrogen and oxygen atoms in total. The van der Waals surface area contributed by atoms with Gasteiger partial charge in [-0.1, -0.05) is 38.1 Å². The molecule has 0 aliphatic carbocycles. The van der Waals surface area contributed by atoms with Gasteiger partial charge < -0.3 is 4.74 Å². The molecule has 0 bridgehead atoms. The molecule has 1 heterocycles. The molecule has 2 aromatic carbocycles. The predicted molar refractivity (Wildman–Crippen MR) is 98.1 cm³/mol. The molecule has 1 aromatic heterocycles. The second-order valence-electron chi connectivity index (χ2n) is 5.98. The summed E-state index contributed by atoms with van der Waals surface area (Å²) < 4.78 is 5.23. The van der Waals surface area contributed by atoms with Crippen molar-refractivity contribution in [2.24, 2.45) is 10.2 Å². The molecule has 0 fully saturated rings. The van der Waals surface area contributed by atoms with Crippen LogP contribution in [0.3, 0.4) is 0 Å². The summed E-state index contributed by atoms with van der Waals surface area (Å²) >= 11 is 0. The van der Waals surface area contributed by atoms with Gasteiger partial charge in [-0.25, -0.2) is 0 Å². The van der Waals surface area contributed by atoms with E-state index >= 15 is 0 Å². The van der Waals surface area contributed by atoms with Crippen LogP contribution in [0.15, 0.2) is 63.6 Å². The lowest BCUT2D eigenvalue weighted by atomic mass is 10.0. The van der Waals surface area contributed by atoms with E-state index in [1.54, 1.807) is 7.11 Å². The minimum atomic E-state index is -0.319. The van der Waals surface area contributed by atoms with Gasteiger partial charge in [-0.05, 0) is 35.7 Å². The SMILES string of the molecule is COc1cccc(-c2[nH][nH]c(=O)c2N=Nc2ccc(C(C)C)cc2)c1. The van der Waals surface area contributed by atoms with Gasteiger partial charge in [0.2, 0.25) is 0 Å². The molecule has 0 amide bonds. The average molecular weight is 336 g/mol. The van der Waals surface area contributed by atoms with E-state index in [2.05, 4.69) is 34.3 Å². The van der Waals surface area contributed by atoms with E-state index in [1.165, 1.54) is 5.56 Å². The second-order valence-corrected chi connectivity index (χ2v) is 5.98. The van der Waals surface area contributed by atoms with Crippen LogP contribution in [0.2, 0.25) is 0 Å². The lowest BCUT2D eigenvalue weighted by Gasteiger charge is -2.04. The molecule has 128 valence electrons. The van der Waals surface area contributed by atoms with Gasteiger partial charge in [-0.15, -0.1) is 5.11 Å². The highest BCUT2D eigenvalue weighted by Gasteiger charge is 2.12. The average Bonchev–Trinajstić information content (AvgIpc) is 3.01. The Balaban J connectivity index is 1.92. The smallest absolute Gasteiger partial charge is 0.292 e. The minimum Gasteiger partial charge on any atom is -0.497 e. The van der Waals surface area contributed by atoms with Crippen LogP contribution in [-0.4, -0.2) is 17.3 Å². The highest BCUT2D eigenvalue weighted by Crippen LogP contribution is 2.29. The number of methoxy groups -OCH3 is 1. The Bertz CT molecular complexity index is 937. The van der Waals surface area contributed by atoms with Crippen LogP contribution in [0.1, 0.15) is 25.3 Å². The fraction of sp³-hybridized carbons (Fsp3) is 0.211. The van der Waals surface area contributed by atoms with Crippen LogP contribution in [0, 0.1) is 0 Å². The van der Waals surface area contributed by atoms with Crippen molar-refractivity contribution in [3.8, 4) is 17.0 Å². The fourth-order valence-corrected chi connectivity index (χ4v) is 2.47. The number of hydrogen-bond donors (Lipinski definition) is 2. The molecular formula is C19H20N4O2. The Morgan fingerprint density at radius 2 is 1.76 bits per heavy atom. The molecule has 3 rings (SSSR count). The van der Waals surface area contributed by atoms with E-state index in [1.807, 2.05) is 48.5 Å². The first-order chi connectivity index (χ1) is 12.1. The zero-order chi connectivity index (χ0) is 17.8. The number of hydrogen-bond acceptors (Lipinski definition) is 4. The molecule has 0 aliphatic heterocycles. The standard InChI is InChI=1S/C19H20N4O2/c1-12(2)13-7-9-15(10-8-13)20-22-18-17(21-23-19(18)24)14-5-4-6-16(11-14)25-3/h4-12H,1-3H3,(H2,21,23,24). The van der Waals surface area contributed by atoms with Gasteiger partial charge in [0.1, 0.15) is 5.75 Å². The molecular weight excluding hydrogens is 316 g/mol. The Kier molecular flexibility index (Phi) is 4.79. The zero-order valence-electron chi connectivity index (χ0n) is 14.4. The van der Waals surface area contributed by atoms with Crippen LogP contribution in [-0.2, 0) is 0 Å². The molecule has 2 N–H and O–H groups in total. The topological polar surface area (TPSA) is 82.6 Å². The number of nitrogens with zero attached hydrogens (tertiary/aromatic N) is 2. The minimum absolute atomic E-state index is 0.237. The van der Waals surface area contributed by atoms with Crippen LogP contribution in [0.5, 0.6) is 5.75 Å². The summed E-state index contributed by atoms with van der Waals surface area (Å²) in [5.41, 5.74) is 3.21. The van der Waals surface area contributed by atoms with E-state index in [0.717, 1.165) is 5.56 Å². The van der Waals surface area contributed by atoms with Crippen molar-refractivity contribution in [1.29, 1.82) is 0 Å². The first kappa shape index (κ1) is 16.7. The number of ether oxygens (including phenoxy) is 1. The Morgan fingerprint density at radius 3 is 2.44 bits per heavy atom. The van der Waals surface area contributed by atoms with Gasteiger partial charge >= 0.3 is 0 Å². The van der Waals surface area contributed by atoms with Crippen LogP contribution < -0.4 is 10.3 Å². The quantitative estimate of drug-likeness (QED) is 0.648. The summed E-state index contributed by atoms with van der Waals surface area (Å²) in [7, 11) is 1.60. The second kappa shape index (κ2) is 7.17. The summed E-state index contributed by atoms with van der Waals surface area (Å²) in [4.78, 5) is 12.1. The van der Waals surface area contributed by atoms with Crippen molar-refractivity contribution in [3.63, 3.8) is 0 Å². The monoisotopic (exact) mass is 336 g/mol. The molecule has 3 aromatic rings. The van der Waals surface area contributed by atoms with Crippen LogP contribution in [0.25, 0.3) is 11.3 Å². The number of H-pyrrole nitrogens is 2. The maximum Gasteiger partial charge on any atom is 0.292 e. The molecule has 0 saturated carbocycles. The van der Waals surface area contributed by atoms with Gasteiger partial charge in [0.05, 0.1) is 18.5 Å². The van der Waals surface area contributed by atoms with Crippen molar-refractivity contribution in [2.45, 2.75) is 19.8 Å². The number of rotatable bonds is 5. The van der Waals surface area contributed by atoms with Gasteiger partial charge in [0.25, 0.3) is 5.56 Å². The van der Waals surface area contributed by atoms with Gasteiger partial charge in [-0.2, -0.15) is 5.11 Å². The maximum absolute atomic E-state index is 12.1. The highest BCUT2D eigenvalue weighted by atomic mass is 16.5. The van der Waals surface area contributed by atoms with Crippen molar-refractivity contribution in [1.82, 2.24) is 10.2 Å². The van der Waals surface area contributed by atoms with Crippen LogP contribution >= 0.6 is 0 Å². The lowest BCUT2D eigenvalue weighted by Crippen LogP contribution is -1.96. The van der Waals surface area contributed by atoms with Crippen molar-refractivity contribution < 1.29 is 4.74 Å². The van der Waals surface area contributed by atoms with E-state index in [4.69, 9.17) is 4.74 Å². The summed E-state index contributed by atoms with van der Waals surface area (Å²) in [6, 6.07) is 15.2. The first-order valence-corrected chi connectivity index (χ1v) is 8.05. The number of aromatic nitrogens is 2. The van der Waals surface area contributed by atoms with Crippen LogP contribution in [0.4, 0.5) is 11.4 Å². The third kappa shape index (κ3) is 3.68. The van der Waals surface area contributed by atoms with E-state index in [-0.39, 0.29) is 11.2 Å². The molecule has 0 spiro atoms. The van der Waals surface area contributed by atoms with Crippen molar-refractivity contribution >= 4 is 11.4 Å². The molecule has 0 aliphatic rings. The Morgan fingerprint density at radius 1 is 1.00 bits per heavy atom. The predicted octanol–water partition coefficient (Wildman–Crippen LogP) is 4.92. The normalized spacial score (nSPS) is 11.4. The lowest BCUT2D eigenvalue weighted by molar-refractivity contribution is 0.415. The molecule has 0 atom stereocenters. The van der Waals surface area contributed by atoms with E-state index in [9.17, 15) is 4.79 Å². The molecule has 25 heavy (non-hydrogen) atoms. The first-order valence-electron chi connectivity index (χ1n) is 8.05. The maximum atomic E-state index is 12.1. The summed E-state index contributed by atoms with van der Waals surface area (Å²) in [5, 5.41) is 13.8. The number of nitrogens with one attached hydrogen (secondary N) is 2. The third-order valence-corrected chi connectivity index (χ3v) is 3.94. The van der Waals surface area contributed by atoms with Gasteiger partial charge in [-0.3, -0.25) is 15.0 Å². The number of aromatic amines is 2. The van der Waals surface area contributed by atoms with E-state index < -0.39 is 0 Å². The van der Waals surface area contributed by atoms with Gasteiger partial charge in [0, 0.05) is 5.56 Å². The largest absolute Gasteiger partial charge is 0.497 e. The summed E-state index contributed by atoms with van der Waals surface area (Å²) in [5.74, 6) is 1.16. The van der Waals surface area contributed by atoms with Crippen molar-refractivity contribution in [3.05, 3.63) is 64.4 Å². The third-order valence-electron chi connectivity index (χ3n) is 3.94. The molecule has 0 saturated heterocycles. The molecule has 0 radical (unpaired) electrons. The van der Waals surface area contributed by atoms with E-state index in [0.29, 0.717) is 23.0 Å². The highest BCUT2D eigenvalue weighted by molar-refractivity contribution is 5.72. The van der Waals surface area contributed by atoms with Crippen molar-refractivity contribution in [2.75, 3.05) is 7.11 Å². The zero-order valence-corrected chi connectivity index (χ0v) is 14.4. The summed E-state index contributed by atoms with van der Waals surface area (Å²) in [6.07, 6.45) is 0.